The minimum absolute atomic E-state index is 0.000455. The summed E-state index contributed by atoms with van der Waals surface area (Å²) in [7, 11) is -3.44. The van der Waals surface area contributed by atoms with Crippen LogP contribution in [0.1, 0.15) is 31.2 Å². The Morgan fingerprint density at radius 1 is 1.12 bits per heavy atom. The second-order valence-electron chi connectivity index (χ2n) is 7.13. The van der Waals surface area contributed by atoms with Gasteiger partial charge in [-0.2, -0.15) is 4.31 Å². The third-order valence-corrected chi connectivity index (χ3v) is 6.81. The molecule has 1 aliphatic carbocycles. The molecule has 1 aromatic rings. The summed E-state index contributed by atoms with van der Waals surface area (Å²) >= 11 is 0. The van der Waals surface area contributed by atoms with Crippen LogP contribution in [0.15, 0.2) is 29.2 Å². The number of nitrogens with zero attached hydrogens (tertiary/aromatic N) is 1. The molecular weight excluding hydrogens is 338 g/mol. The molecule has 0 spiro atoms. The number of nitrogens with one attached hydrogen (secondary N) is 2. The molecule has 138 valence electrons. The van der Waals surface area contributed by atoms with Gasteiger partial charge in [0.1, 0.15) is 0 Å². The standard InChI is InChI=1S/C18H27N3O3S/c1-14-2-6-17(7-3-14)25(23,24)21-10-8-16(9-11-21)20-18(22)13-19-12-15-4-5-15/h2-3,6-7,15-16,19H,4-5,8-13H2,1H3,(H,20,22). The highest BCUT2D eigenvalue weighted by atomic mass is 32.2. The van der Waals surface area contributed by atoms with E-state index in [0.717, 1.165) is 18.0 Å². The molecule has 25 heavy (non-hydrogen) atoms. The number of benzene rings is 1. The Bertz CT molecular complexity index is 691. The summed E-state index contributed by atoms with van der Waals surface area (Å²) in [4.78, 5) is 12.3. The van der Waals surface area contributed by atoms with Crippen molar-refractivity contribution in [3.05, 3.63) is 29.8 Å². The van der Waals surface area contributed by atoms with Crippen LogP contribution in [0.4, 0.5) is 0 Å². The molecule has 6 nitrogen and oxygen atoms in total. The number of hydrogen-bond acceptors (Lipinski definition) is 4. The molecule has 0 unspecified atom stereocenters. The zero-order chi connectivity index (χ0) is 17.9. The average Bonchev–Trinajstić information content (AvgIpc) is 3.40. The van der Waals surface area contributed by atoms with Crippen molar-refractivity contribution in [3.63, 3.8) is 0 Å². The van der Waals surface area contributed by atoms with E-state index in [1.54, 1.807) is 12.1 Å². The van der Waals surface area contributed by atoms with Crippen LogP contribution >= 0.6 is 0 Å². The van der Waals surface area contributed by atoms with Crippen molar-refractivity contribution in [3.8, 4) is 0 Å². The van der Waals surface area contributed by atoms with Gasteiger partial charge in [-0.15, -0.1) is 0 Å². The van der Waals surface area contributed by atoms with Crippen molar-refractivity contribution in [2.24, 2.45) is 5.92 Å². The lowest BCUT2D eigenvalue weighted by molar-refractivity contribution is -0.121. The minimum Gasteiger partial charge on any atom is -0.352 e. The van der Waals surface area contributed by atoms with E-state index in [0.29, 0.717) is 37.4 Å². The summed E-state index contributed by atoms with van der Waals surface area (Å²) in [5.41, 5.74) is 1.04. The normalized spacial score (nSPS) is 19.7. The second kappa shape index (κ2) is 7.85. The second-order valence-corrected chi connectivity index (χ2v) is 9.07. The molecule has 0 atom stereocenters. The van der Waals surface area contributed by atoms with Crippen LogP contribution < -0.4 is 10.6 Å². The Morgan fingerprint density at radius 3 is 2.36 bits per heavy atom. The molecule has 1 saturated heterocycles. The maximum absolute atomic E-state index is 12.7. The van der Waals surface area contributed by atoms with Crippen LogP contribution in [0.3, 0.4) is 0 Å². The third kappa shape index (κ3) is 5.03. The lowest BCUT2D eigenvalue weighted by atomic mass is 10.1. The number of carbonyl (C=O) groups is 1. The third-order valence-electron chi connectivity index (χ3n) is 4.89. The van der Waals surface area contributed by atoms with E-state index in [1.165, 1.54) is 17.1 Å². The van der Waals surface area contributed by atoms with E-state index in [4.69, 9.17) is 0 Å². The highest BCUT2D eigenvalue weighted by Gasteiger charge is 2.30. The zero-order valence-electron chi connectivity index (χ0n) is 14.7. The van der Waals surface area contributed by atoms with Gasteiger partial charge < -0.3 is 10.6 Å². The van der Waals surface area contributed by atoms with Crippen molar-refractivity contribution in [1.82, 2.24) is 14.9 Å². The van der Waals surface area contributed by atoms with Crippen LogP contribution in [0, 0.1) is 12.8 Å². The Hall–Kier alpha value is -1.44. The molecule has 1 amide bonds. The average molecular weight is 365 g/mol. The van der Waals surface area contributed by atoms with Gasteiger partial charge in [0.2, 0.25) is 15.9 Å². The first-order chi connectivity index (χ1) is 11.9. The van der Waals surface area contributed by atoms with Crippen molar-refractivity contribution >= 4 is 15.9 Å². The molecule has 0 radical (unpaired) electrons. The molecule has 0 aromatic heterocycles. The molecule has 1 heterocycles. The molecular formula is C18H27N3O3S. The first-order valence-electron chi connectivity index (χ1n) is 9.02. The highest BCUT2D eigenvalue weighted by molar-refractivity contribution is 7.89. The van der Waals surface area contributed by atoms with Gasteiger partial charge >= 0.3 is 0 Å². The van der Waals surface area contributed by atoms with E-state index in [1.807, 2.05) is 19.1 Å². The highest BCUT2D eigenvalue weighted by Crippen LogP contribution is 2.27. The van der Waals surface area contributed by atoms with Gasteiger partial charge in [0.05, 0.1) is 11.4 Å². The number of hydrogen-bond donors (Lipinski definition) is 2. The predicted octanol–water partition coefficient (Wildman–Crippen LogP) is 1.26. The van der Waals surface area contributed by atoms with Gasteiger partial charge in [0.25, 0.3) is 0 Å². The van der Waals surface area contributed by atoms with Crippen molar-refractivity contribution in [1.29, 1.82) is 0 Å². The predicted molar refractivity (Wildman–Crippen MR) is 96.7 cm³/mol. The van der Waals surface area contributed by atoms with E-state index < -0.39 is 10.0 Å². The van der Waals surface area contributed by atoms with E-state index >= 15 is 0 Å². The largest absolute Gasteiger partial charge is 0.352 e. The van der Waals surface area contributed by atoms with Gasteiger partial charge in [0, 0.05) is 19.1 Å². The van der Waals surface area contributed by atoms with Crippen LogP contribution in [-0.4, -0.2) is 50.9 Å². The summed E-state index contributed by atoms with van der Waals surface area (Å²) < 4.78 is 26.9. The number of sulfonamides is 1. The molecule has 0 bridgehead atoms. The lowest BCUT2D eigenvalue weighted by Gasteiger charge is -2.31. The van der Waals surface area contributed by atoms with Gasteiger partial charge in [0.15, 0.2) is 0 Å². The zero-order valence-corrected chi connectivity index (χ0v) is 15.5. The first kappa shape index (κ1) is 18.4. The van der Waals surface area contributed by atoms with Crippen molar-refractivity contribution < 1.29 is 13.2 Å². The summed E-state index contributed by atoms with van der Waals surface area (Å²) in [5.74, 6) is 0.753. The molecule has 1 aliphatic heterocycles. The fourth-order valence-electron chi connectivity index (χ4n) is 3.09. The van der Waals surface area contributed by atoms with Gasteiger partial charge in [-0.05, 0) is 57.2 Å². The summed E-state index contributed by atoms with van der Waals surface area (Å²) in [6.45, 7) is 4.08. The van der Waals surface area contributed by atoms with Gasteiger partial charge in [-0.25, -0.2) is 8.42 Å². The van der Waals surface area contributed by atoms with Gasteiger partial charge in [-0.1, -0.05) is 17.7 Å². The number of rotatable bonds is 7. The Morgan fingerprint density at radius 2 is 1.76 bits per heavy atom. The fourth-order valence-corrected chi connectivity index (χ4v) is 4.56. The van der Waals surface area contributed by atoms with E-state index in [2.05, 4.69) is 10.6 Å². The first-order valence-corrected chi connectivity index (χ1v) is 10.5. The number of aryl methyl sites for hydroxylation is 1. The van der Waals surface area contributed by atoms with Gasteiger partial charge in [-0.3, -0.25) is 4.79 Å². The maximum atomic E-state index is 12.7. The number of piperidine rings is 1. The topological polar surface area (TPSA) is 78.5 Å². The van der Waals surface area contributed by atoms with E-state index in [-0.39, 0.29) is 11.9 Å². The van der Waals surface area contributed by atoms with Crippen LogP contribution in [0.5, 0.6) is 0 Å². The minimum atomic E-state index is -3.44. The summed E-state index contributed by atoms with van der Waals surface area (Å²) in [6, 6.07) is 7.00. The molecule has 1 aromatic carbocycles. The summed E-state index contributed by atoms with van der Waals surface area (Å²) in [5, 5.41) is 6.19. The Balaban J connectivity index is 1.45. The smallest absolute Gasteiger partial charge is 0.243 e. The molecule has 2 fully saturated rings. The van der Waals surface area contributed by atoms with Crippen molar-refractivity contribution in [2.75, 3.05) is 26.2 Å². The molecule has 2 aliphatic rings. The molecule has 3 rings (SSSR count). The van der Waals surface area contributed by atoms with Crippen LogP contribution in [0.2, 0.25) is 0 Å². The maximum Gasteiger partial charge on any atom is 0.243 e. The summed E-state index contributed by atoms with van der Waals surface area (Å²) in [6.07, 6.45) is 3.84. The number of carbonyl (C=O) groups excluding carboxylic acids is 1. The fraction of sp³-hybridized carbons (Fsp3) is 0.611. The monoisotopic (exact) mass is 365 g/mol. The Labute approximate surface area is 150 Å². The molecule has 1 saturated carbocycles. The van der Waals surface area contributed by atoms with Crippen LogP contribution in [-0.2, 0) is 14.8 Å². The number of amides is 1. The van der Waals surface area contributed by atoms with E-state index in [9.17, 15) is 13.2 Å². The van der Waals surface area contributed by atoms with Crippen LogP contribution in [0.25, 0.3) is 0 Å². The SMILES string of the molecule is Cc1ccc(S(=O)(=O)N2CCC(NC(=O)CNCC3CC3)CC2)cc1. The van der Waals surface area contributed by atoms with Crippen molar-refractivity contribution in [2.45, 2.75) is 43.5 Å². The quantitative estimate of drug-likeness (QED) is 0.763. The molecule has 2 N–H and O–H groups in total. The lowest BCUT2D eigenvalue weighted by Crippen LogP contribution is -2.48. The molecule has 7 heteroatoms. The Kier molecular flexibility index (Phi) is 5.76.